The number of carbonyl (C=O) groups is 1. The van der Waals surface area contributed by atoms with Crippen LogP contribution in [0.3, 0.4) is 0 Å². The van der Waals surface area contributed by atoms with E-state index < -0.39 is 0 Å². The molecule has 1 fully saturated rings. The monoisotopic (exact) mass is 311 g/mol. The highest BCUT2D eigenvalue weighted by molar-refractivity contribution is 9.10. The lowest BCUT2D eigenvalue weighted by Gasteiger charge is -2.35. The third-order valence-corrected chi connectivity index (χ3v) is 3.75. The Bertz CT molecular complexity index is 405. The number of rotatable bonds is 3. The van der Waals surface area contributed by atoms with E-state index in [1.54, 1.807) is 0 Å². The molecule has 1 atom stereocenters. The summed E-state index contributed by atoms with van der Waals surface area (Å²) in [6.45, 7) is 3.22. The molecular formula is C14H18BrNO2. The molecule has 0 aromatic heterocycles. The molecule has 1 aliphatic rings. The predicted molar refractivity (Wildman–Crippen MR) is 75.8 cm³/mol. The summed E-state index contributed by atoms with van der Waals surface area (Å²) in [5.74, 6) is -0.0971. The van der Waals surface area contributed by atoms with Gasteiger partial charge < -0.3 is 9.64 Å². The zero-order valence-electron chi connectivity index (χ0n) is 10.6. The Hall–Kier alpha value is -1.03. The minimum atomic E-state index is -0.125. The van der Waals surface area contributed by atoms with Gasteiger partial charge in [0.15, 0.2) is 0 Å². The molecule has 1 aliphatic heterocycles. The Balaban J connectivity index is 2.17. The summed E-state index contributed by atoms with van der Waals surface area (Å²) in [6.07, 6.45) is 3.11. The summed E-state index contributed by atoms with van der Waals surface area (Å²) in [7, 11) is 0. The van der Waals surface area contributed by atoms with Crippen molar-refractivity contribution in [1.29, 1.82) is 0 Å². The number of anilines is 1. The highest BCUT2D eigenvalue weighted by atomic mass is 79.9. The van der Waals surface area contributed by atoms with Gasteiger partial charge in [-0.2, -0.15) is 0 Å². The van der Waals surface area contributed by atoms with Crippen LogP contribution in [0.1, 0.15) is 26.2 Å². The van der Waals surface area contributed by atoms with E-state index in [1.165, 1.54) is 0 Å². The fourth-order valence-electron chi connectivity index (χ4n) is 2.36. The molecule has 0 aliphatic carbocycles. The van der Waals surface area contributed by atoms with Crippen LogP contribution in [-0.4, -0.2) is 25.2 Å². The van der Waals surface area contributed by atoms with Crippen LogP contribution in [0.25, 0.3) is 0 Å². The summed E-state index contributed by atoms with van der Waals surface area (Å²) < 4.78 is 6.22. The average Bonchev–Trinajstić information content (AvgIpc) is 2.40. The molecule has 1 heterocycles. The van der Waals surface area contributed by atoms with Gasteiger partial charge in [-0.25, -0.2) is 4.79 Å². The number of piperidine rings is 1. The van der Waals surface area contributed by atoms with Crippen molar-refractivity contribution in [2.75, 3.05) is 18.1 Å². The summed E-state index contributed by atoms with van der Waals surface area (Å²) >= 11 is 3.43. The lowest BCUT2D eigenvalue weighted by atomic mass is 10.0. The highest BCUT2D eigenvalue weighted by Crippen LogP contribution is 2.26. The van der Waals surface area contributed by atoms with Crippen molar-refractivity contribution < 1.29 is 9.53 Å². The van der Waals surface area contributed by atoms with Crippen molar-refractivity contribution in [2.24, 2.45) is 0 Å². The van der Waals surface area contributed by atoms with Crippen LogP contribution in [0.4, 0.5) is 5.69 Å². The van der Waals surface area contributed by atoms with Gasteiger partial charge in [0.1, 0.15) is 6.04 Å². The third-order valence-electron chi connectivity index (χ3n) is 3.22. The molecule has 98 valence electrons. The van der Waals surface area contributed by atoms with Gasteiger partial charge in [0.25, 0.3) is 0 Å². The van der Waals surface area contributed by atoms with Crippen LogP contribution < -0.4 is 4.90 Å². The standard InChI is InChI=1S/C14H18BrNO2/c1-2-18-14(17)13-5-3-4-10-16(13)12-8-6-11(15)7-9-12/h6-9,13H,2-5,10H2,1H3. The maximum Gasteiger partial charge on any atom is 0.328 e. The highest BCUT2D eigenvalue weighted by Gasteiger charge is 2.29. The summed E-state index contributed by atoms with van der Waals surface area (Å²) in [5.41, 5.74) is 1.09. The first-order chi connectivity index (χ1) is 8.72. The summed E-state index contributed by atoms with van der Waals surface area (Å²) in [4.78, 5) is 14.1. The molecule has 3 nitrogen and oxygen atoms in total. The maximum absolute atomic E-state index is 12.0. The van der Waals surface area contributed by atoms with Crippen LogP contribution in [0.2, 0.25) is 0 Å². The van der Waals surface area contributed by atoms with Crippen molar-refractivity contribution in [2.45, 2.75) is 32.2 Å². The number of ether oxygens (including phenoxy) is 1. The van der Waals surface area contributed by atoms with E-state index in [-0.39, 0.29) is 12.0 Å². The van der Waals surface area contributed by atoms with E-state index in [1.807, 2.05) is 31.2 Å². The van der Waals surface area contributed by atoms with E-state index >= 15 is 0 Å². The molecule has 0 bridgehead atoms. The van der Waals surface area contributed by atoms with E-state index in [0.29, 0.717) is 6.61 Å². The largest absolute Gasteiger partial charge is 0.464 e. The number of hydrogen-bond donors (Lipinski definition) is 0. The molecule has 0 N–H and O–H groups in total. The second kappa shape index (κ2) is 6.23. The fraction of sp³-hybridized carbons (Fsp3) is 0.500. The van der Waals surface area contributed by atoms with Gasteiger partial charge in [-0.15, -0.1) is 0 Å². The number of esters is 1. The van der Waals surface area contributed by atoms with Crippen molar-refractivity contribution in [3.8, 4) is 0 Å². The molecule has 0 amide bonds. The minimum Gasteiger partial charge on any atom is -0.464 e. The predicted octanol–water partition coefficient (Wildman–Crippen LogP) is 3.37. The lowest BCUT2D eigenvalue weighted by Crippen LogP contribution is -2.45. The SMILES string of the molecule is CCOC(=O)C1CCCCN1c1ccc(Br)cc1. The average molecular weight is 312 g/mol. The quantitative estimate of drug-likeness (QED) is 0.802. The normalized spacial score (nSPS) is 19.7. The van der Waals surface area contributed by atoms with Gasteiger partial charge in [0.2, 0.25) is 0 Å². The van der Waals surface area contributed by atoms with Crippen molar-refractivity contribution >= 4 is 27.6 Å². The minimum absolute atomic E-state index is 0.0971. The number of benzene rings is 1. The second-order valence-electron chi connectivity index (χ2n) is 4.43. The molecule has 4 heteroatoms. The molecule has 2 rings (SSSR count). The van der Waals surface area contributed by atoms with E-state index in [2.05, 4.69) is 20.8 Å². The smallest absolute Gasteiger partial charge is 0.328 e. The Morgan fingerprint density at radius 2 is 2.11 bits per heavy atom. The van der Waals surface area contributed by atoms with Crippen molar-refractivity contribution in [3.05, 3.63) is 28.7 Å². The third kappa shape index (κ3) is 3.05. The molecule has 1 aromatic rings. The van der Waals surface area contributed by atoms with Crippen LogP contribution in [0.5, 0.6) is 0 Å². The van der Waals surface area contributed by atoms with E-state index in [9.17, 15) is 4.79 Å². The molecule has 18 heavy (non-hydrogen) atoms. The Kier molecular flexibility index (Phi) is 4.64. The topological polar surface area (TPSA) is 29.5 Å². The molecule has 1 saturated heterocycles. The zero-order chi connectivity index (χ0) is 13.0. The molecular weight excluding hydrogens is 294 g/mol. The molecule has 1 unspecified atom stereocenters. The number of halogens is 1. The number of nitrogens with zero attached hydrogens (tertiary/aromatic N) is 1. The first kappa shape index (κ1) is 13.4. The van der Waals surface area contributed by atoms with Gasteiger partial charge >= 0.3 is 5.97 Å². The lowest BCUT2D eigenvalue weighted by molar-refractivity contribution is -0.145. The molecule has 1 aromatic carbocycles. The van der Waals surface area contributed by atoms with Crippen molar-refractivity contribution in [1.82, 2.24) is 0 Å². The summed E-state index contributed by atoms with van der Waals surface area (Å²) in [6, 6.07) is 7.97. The molecule has 0 saturated carbocycles. The van der Waals surface area contributed by atoms with Gasteiger partial charge in [-0.05, 0) is 50.5 Å². The van der Waals surface area contributed by atoms with Crippen LogP contribution in [0.15, 0.2) is 28.7 Å². The second-order valence-corrected chi connectivity index (χ2v) is 5.35. The Morgan fingerprint density at radius 3 is 2.78 bits per heavy atom. The van der Waals surface area contributed by atoms with Crippen molar-refractivity contribution in [3.63, 3.8) is 0 Å². The van der Waals surface area contributed by atoms with Gasteiger partial charge in [-0.3, -0.25) is 0 Å². The Morgan fingerprint density at radius 1 is 1.39 bits per heavy atom. The zero-order valence-corrected chi connectivity index (χ0v) is 12.1. The first-order valence-electron chi connectivity index (χ1n) is 6.41. The van der Waals surface area contributed by atoms with E-state index in [4.69, 9.17) is 4.74 Å². The Labute approximate surface area is 116 Å². The van der Waals surface area contributed by atoms with Gasteiger partial charge in [0, 0.05) is 16.7 Å². The van der Waals surface area contributed by atoms with Gasteiger partial charge in [0.05, 0.1) is 6.61 Å². The maximum atomic E-state index is 12.0. The van der Waals surface area contributed by atoms with Crippen LogP contribution in [0, 0.1) is 0 Å². The fourth-order valence-corrected chi connectivity index (χ4v) is 2.62. The molecule has 0 radical (unpaired) electrons. The van der Waals surface area contributed by atoms with Gasteiger partial charge in [-0.1, -0.05) is 15.9 Å². The van der Waals surface area contributed by atoms with E-state index in [0.717, 1.165) is 36.0 Å². The van der Waals surface area contributed by atoms with Crippen LogP contribution >= 0.6 is 15.9 Å². The molecule has 0 spiro atoms. The first-order valence-corrected chi connectivity index (χ1v) is 7.20. The summed E-state index contributed by atoms with van der Waals surface area (Å²) in [5, 5.41) is 0. The number of hydrogen-bond acceptors (Lipinski definition) is 3. The van der Waals surface area contributed by atoms with Crippen LogP contribution in [-0.2, 0) is 9.53 Å². The number of carbonyl (C=O) groups excluding carboxylic acids is 1.